The van der Waals surface area contributed by atoms with Gasteiger partial charge in [0.2, 0.25) is 6.43 Å². The van der Waals surface area contributed by atoms with Crippen molar-refractivity contribution in [3.63, 3.8) is 0 Å². The number of alkyl halides is 2. The molecule has 0 radical (unpaired) electrons. The molecular formula is C13H19ClF2N2O. The third-order valence-corrected chi connectivity index (χ3v) is 3.27. The standard InChI is InChI=1S/C13H18F2N2O.ClH/c14-13(15)9-12(17-7-5-16-6-8-17)10-1-3-11(18)4-2-10;/h1-4,12-13,16,18H,5-9H2;1H/t12-;/m0./s1. The summed E-state index contributed by atoms with van der Waals surface area (Å²) in [4.78, 5) is 2.08. The molecule has 0 aliphatic carbocycles. The maximum Gasteiger partial charge on any atom is 0.240 e. The van der Waals surface area contributed by atoms with Gasteiger partial charge in [-0.15, -0.1) is 12.4 Å². The molecule has 1 aliphatic rings. The average molecular weight is 293 g/mol. The molecule has 6 heteroatoms. The van der Waals surface area contributed by atoms with E-state index in [1.165, 1.54) is 0 Å². The molecular weight excluding hydrogens is 274 g/mol. The predicted molar refractivity (Wildman–Crippen MR) is 73.2 cm³/mol. The van der Waals surface area contributed by atoms with Gasteiger partial charge in [-0.1, -0.05) is 12.1 Å². The molecule has 1 fully saturated rings. The first-order valence-corrected chi connectivity index (χ1v) is 6.18. The minimum atomic E-state index is -2.32. The maximum atomic E-state index is 12.7. The van der Waals surface area contributed by atoms with Crippen LogP contribution in [0.15, 0.2) is 24.3 Å². The van der Waals surface area contributed by atoms with Crippen molar-refractivity contribution in [2.45, 2.75) is 18.9 Å². The molecule has 0 saturated carbocycles. The van der Waals surface area contributed by atoms with Crippen molar-refractivity contribution in [1.29, 1.82) is 0 Å². The van der Waals surface area contributed by atoms with E-state index >= 15 is 0 Å². The van der Waals surface area contributed by atoms with Crippen molar-refractivity contribution >= 4 is 12.4 Å². The van der Waals surface area contributed by atoms with Crippen LogP contribution in [0.3, 0.4) is 0 Å². The molecule has 1 aliphatic heterocycles. The number of aromatic hydroxyl groups is 1. The van der Waals surface area contributed by atoms with Crippen LogP contribution in [0, 0.1) is 0 Å². The highest BCUT2D eigenvalue weighted by Crippen LogP contribution is 2.28. The first-order valence-electron chi connectivity index (χ1n) is 6.18. The van der Waals surface area contributed by atoms with Crippen molar-refractivity contribution in [1.82, 2.24) is 10.2 Å². The Labute approximate surface area is 118 Å². The van der Waals surface area contributed by atoms with E-state index in [4.69, 9.17) is 0 Å². The lowest BCUT2D eigenvalue weighted by Gasteiger charge is -2.35. The van der Waals surface area contributed by atoms with E-state index < -0.39 is 6.43 Å². The summed E-state index contributed by atoms with van der Waals surface area (Å²) < 4.78 is 25.4. The quantitative estimate of drug-likeness (QED) is 0.895. The summed E-state index contributed by atoms with van der Waals surface area (Å²) in [6.45, 7) is 3.21. The van der Waals surface area contributed by atoms with Gasteiger partial charge in [-0.2, -0.15) is 0 Å². The number of piperazine rings is 1. The smallest absolute Gasteiger partial charge is 0.240 e. The van der Waals surface area contributed by atoms with Gasteiger partial charge in [0.05, 0.1) is 0 Å². The number of rotatable bonds is 4. The highest BCUT2D eigenvalue weighted by molar-refractivity contribution is 5.85. The van der Waals surface area contributed by atoms with Gasteiger partial charge in [0.15, 0.2) is 0 Å². The largest absolute Gasteiger partial charge is 0.508 e. The second-order valence-electron chi connectivity index (χ2n) is 4.52. The second kappa shape index (κ2) is 7.62. The Morgan fingerprint density at radius 1 is 1.16 bits per heavy atom. The van der Waals surface area contributed by atoms with E-state index in [0.29, 0.717) is 0 Å². The third-order valence-electron chi connectivity index (χ3n) is 3.27. The van der Waals surface area contributed by atoms with Crippen LogP contribution >= 0.6 is 12.4 Å². The number of hydrogen-bond acceptors (Lipinski definition) is 3. The van der Waals surface area contributed by atoms with E-state index in [-0.39, 0.29) is 30.6 Å². The molecule has 0 bridgehead atoms. The molecule has 1 aromatic rings. The summed E-state index contributed by atoms with van der Waals surface area (Å²) in [6, 6.07) is 6.29. The van der Waals surface area contributed by atoms with Crippen LogP contribution in [0.5, 0.6) is 5.75 Å². The van der Waals surface area contributed by atoms with Crippen LogP contribution in [0.4, 0.5) is 8.78 Å². The van der Waals surface area contributed by atoms with E-state index in [1.807, 2.05) is 0 Å². The van der Waals surface area contributed by atoms with Crippen LogP contribution < -0.4 is 5.32 Å². The fraction of sp³-hybridized carbons (Fsp3) is 0.538. The summed E-state index contributed by atoms with van der Waals surface area (Å²) in [5, 5.41) is 12.5. The molecule has 1 heterocycles. The Morgan fingerprint density at radius 3 is 2.26 bits per heavy atom. The fourth-order valence-corrected chi connectivity index (χ4v) is 2.36. The number of nitrogens with zero attached hydrogens (tertiary/aromatic N) is 1. The van der Waals surface area contributed by atoms with Gasteiger partial charge in [0.25, 0.3) is 0 Å². The van der Waals surface area contributed by atoms with Gasteiger partial charge in [0, 0.05) is 38.6 Å². The zero-order chi connectivity index (χ0) is 13.0. The van der Waals surface area contributed by atoms with Gasteiger partial charge in [0.1, 0.15) is 5.75 Å². The molecule has 0 aromatic heterocycles. The van der Waals surface area contributed by atoms with Crippen molar-refractivity contribution in [2.75, 3.05) is 26.2 Å². The summed E-state index contributed by atoms with van der Waals surface area (Å²) in [6.07, 6.45) is -2.48. The summed E-state index contributed by atoms with van der Waals surface area (Å²) in [7, 11) is 0. The van der Waals surface area contributed by atoms with Gasteiger partial charge in [-0.05, 0) is 17.7 Å². The number of nitrogens with one attached hydrogen (secondary N) is 1. The normalized spacial score (nSPS) is 18.1. The highest BCUT2D eigenvalue weighted by Gasteiger charge is 2.25. The zero-order valence-corrected chi connectivity index (χ0v) is 11.4. The molecule has 2 N–H and O–H groups in total. The number of phenols is 1. The number of phenolic OH excluding ortho intramolecular Hbond substituents is 1. The van der Waals surface area contributed by atoms with Crippen molar-refractivity contribution < 1.29 is 13.9 Å². The Kier molecular flexibility index (Phi) is 6.48. The second-order valence-corrected chi connectivity index (χ2v) is 4.52. The number of halogens is 3. The minimum absolute atomic E-state index is 0. The molecule has 1 aromatic carbocycles. The lowest BCUT2D eigenvalue weighted by molar-refractivity contribution is 0.0739. The van der Waals surface area contributed by atoms with Gasteiger partial charge in [-0.3, -0.25) is 4.90 Å². The molecule has 3 nitrogen and oxygen atoms in total. The van der Waals surface area contributed by atoms with E-state index in [2.05, 4.69) is 10.2 Å². The van der Waals surface area contributed by atoms with Gasteiger partial charge < -0.3 is 10.4 Å². The zero-order valence-electron chi connectivity index (χ0n) is 10.6. The van der Waals surface area contributed by atoms with Gasteiger partial charge >= 0.3 is 0 Å². The molecule has 0 amide bonds. The molecule has 108 valence electrons. The third kappa shape index (κ3) is 4.60. The van der Waals surface area contributed by atoms with Crippen molar-refractivity contribution in [2.24, 2.45) is 0 Å². The van der Waals surface area contributed by atoms with Crippen molar-refractivity contribution in [3.05, 3.63) is 29.8 Å². The molecule has 19 heavy (non-hydrogen) atoms. The predicted octanol–water partition coefficient (Wildman–Crippen LogP) is 2.42. The monoisotopic (exact) mass is 292 g/mol. The summed E-state index contributed by atoms with van der Waals surface area (Å²) >= 11 is 0. The molecule has 0 unspecified atom stereocenters. The Bertz CT molecular complexity index is 369. The first kappa shape index (κ1) is 16.1. The van der Waals surface area contributed by atoms with Crippen LogP contribution in [-0.2, 0) is 0 Å². The lowest BCUT2D eigenvalue weighted by atomic mass is 10.0. The lowest BCUT2D eigenvalue weighted by Crippen LogP contribution is -2.45. The first-order chi connectivity index (χ1) is 8.66. The number of hydrogen-bond donors (Lipinski definition) is 2. The van der Waals surface area contributed by atoms with E-state index in [9.17, 15) is 13.9 Å². The summed E-state index contributed by atoms with van der Waals surface area (Å²) in [5.74, 6) is 0.162. The highest BCUT2D eigenvalue weighted by atomic mass is 35.5. The maximum absolute atomic E-state index is 12.7. The van der Waals surface area contributed by atoms with Crippen molar-refractivity contribution in [3.8, 4) is 5.75 Å². The molecule has 2 rings (SSSR count). The minimum Gasteiger partial charge on any atom is -0.508 e. The Balaban J connectivity index is 0.00000180. The molecule has 1 atom stereocenters. The average Bonchev–Trinajstić information content (AvgIpc) is 2.38. The van der Waals surface area contributed by atoms with Crippen LogP contribution in [0.2, 0.25) is 0 Å². The fourth-order valence-electron chi connectivity index (χ4n) is 2.36. The number of benzene rings is 1. The van der Waals surface area contributed by atoms with Gasteiger partial charge in [-0.25, -0.2) is 8.78 Å². The summed E-state index contributed by atoms with van der Waals surface area (Å²) in [5.41, 5.74) is 0.843. The molecule has 0 spiro atoms. The SMILES string of the molecule is Cl.Oc1ccc([C@H](CC(F)F)N2CCNCC2)cc1. The Morgan fingerprint density at radius 2 is 1.74 bits per heavy atom. The Hall–Kier alpha value is -0.910. The van der Waals surface area contributed by atoms with Crippen LogP contribution in [0.25, 0.3) is 0 Å². The topological polar surface area (TPSA) is 35.5 Å². The van der Waals surface area contributed by atoms with E-state index in [0.717, 1.165) is 31.7 Å². The van der Waals surface area contributed by atoms with E-state index in [1.54, 1.807) is 24.3 Å². The van der Waals surface area contributed by atoms with Crippen LogP contribution in [0.1, 0.15) is 18.0 Å². The molecule has 1 saturated heterocycles. The van der Waals surface area contributed by atoms with Crippen LogP contribution in [-0.4, -0.2) is 42.6 Å².